The first-order chi connectivity index (χ1) is 7.81. The maximum Gasteiger partial charge on any atom is 0.142 e. The molecular formula is C12H19NO3. The minimum absolute atomic E-state index is 0.233. The number of rotatable bonds is 7. The van der Waals surface area contributed by atoms with Crippen LogP contribution in [0.5, 0.6) is 11.5 Å². The van der Waals surface area contributed by atoms with E-state index in [0.29, 0.717) is 0 Å². The molecule has 0 fully saturated rings. The minimum Gasteiger partial charge on any atom is -0.497 e. The molecule has 0 unspecified atom stereocenters. The van der Waals surface area contributed by atoms with E-state index in [1.54, 1.807) is 14.2 Å². The molecule has 0 saturated carbocycles. The molecule has 0 amide bonds. The number of anilines is 1. The number of benzene rings is 1. The molecule has 0 aliphatic rings. The third-order valence-corrected chi connectivity index (χ3v) is 2.31. The highest BCUT2D eigenvalue weighted by atomic mass is 16.5. The smallest absolute Gasteiger partial charge is 0.142 e. The van der Waals surface area contributed by atoms with Gasteiger partial charge >= 0.3 is 0 Å². The number of hydrogen-bond acceptors (Lipinski definition) is 4. The van der Waals surface area contributed by atoms with E-state index in [-0.39, 0.29) is 6.61 Å². The minimum atomic E-state index is 0.233. The predicted molar refractivity (Wildman–Crippen MR) is 64.4 cm³/mol. The summed E-state index contributed by atoms with van der Waals surface area (Å²) in [5.74, 6) is 1.59. The summed E-state index contributed by atoms with van der Waals surface area (Å²) in [5.41, 5.74) is 0.916. The first kappa shape index (κ1) is 12.6. The fraction of sp³-hybridized carbons (Fsp3) is 0.500. The average molecular weight is 225 g/mol. The molecule has 16 heavy (non-hydrogen) atoms. The fourth-order valence-corrected chi connectivity index (χ4v) is 1.41. The number of hydrogen-bond donors (Lipinski definition) is 2. The summed E-state index contributed by atoms with van der Waals surface area (Å²) in [7, 11) is 3.28. The molecule has 90 valence electrons. The molecule has 0 aliphatic carbocycles. The summed E-state index contributed by atoms with van der Waals surface area (Å²) >= 11 is 0. The van der Waals surface area contributed by atoms with Crippen molar-refractivity contribution < 1.29 is 14.6 Å². The van der Waals surface area contributed by atoms with Gasteiger partial charge in [-0.15, -0.1) is 0 Å². The molecule has 0 radical (unpaired) electrons. The Balaban J connectivity index is 2.60. The molecule has 1 aromatic carbocycles. The maximum absolute atomic E-state index is 8.67. The quantitative estimate of drug-likeness (QED) is 0.696. The van der Waals surface area contributed by atoms with Gasteiger partial charge in [-0.2, -0.15) is 0 Å². The van der Waals surface area contributed by atoms with Gasteiger partial charge in [-0.05, 0) is 25.0 Å². The van der Waals surface area contributed by atoms with Crippen LogP contribution in [0.1, 0.15) is 12.8 Å². The van der Waals surface area contributed by atoms with Crippen LogP contribution in [0.2, 0.25) is 0 Å². The van der Waals surface area contributed by atoms with E-state index in [1.165, 1.54) is 0 Å². The zero-order valence-corrected chi connectivity index (χ0v) is 9.82. The lowest BCUT2D eigenvalue weighted by Gasteiger charge is -2.12. The van der Waals surface area contributed by atoms with Crippen molar-refractivity contribution in [3.63, 3.8) is 0 Å². The number of ether oxygens (including phenoxy) is 2. The Morgan fingerprint density at radius 1 is 1.19 bits per heavy atom. The van der Waals surface area contributed by atoms with Crippen molar-refractivity contribution in [3.8, 4) is 11.5 Å². The van der Waals surface area contributed by atoms with E-state index in [4.69, 9.17) is 14.6 Å². The molecule has 4 nitrogen and oxygen atoms in total. The van der Waals surface area contributed by atoms with E-state index < -0.39 is 0 Å². The Labute approximate surface area is 96.2 Å². The van der Waals surface area contributed by atoms with Crippen molar-refractivity contribution >= 4 is 5.69 Å². The van der Waals surface area contributed by atoms with E-state index >= 15 is 0 Å². The molecule has 0 bridgehead atoms. The Morgan fingerprint density at radius 3 is 2.62 bits per heavy atom. The Morgan fingerprint density at radius 2 is 2.00 bits per heavy atom. The summed E-state index contributed by atoms with van der Waals surface area (Å²) in [4.78, 5) is 0. The lowest BCUT2D eigenvalue weighted by atomic mass is 10.2. The van der Waals surface area contributed by atoms with Gasteiger partial charge in [0.2, 0.25) is 0 Å². The van der Waals surface area contributed by atoms with Crippen molar-refractivity contribution in [3.05, 3.63) is 18.2 Å². The molecule has 2 N–H and O–H groups in total. The predicted octanol–water partition coefficient (Wildman–Crippen LogP) is 1.89. The summed E-state index contributed by atoms with van der Waals surface area (Å²) in [5, 5.41) is 11.9. The van der Waals surface area contributed by atoms with E-state index in [2.05, 4.69) is 5.32 Å². The Kier molecular flexibility index (Phi) is 5.50. The molecule has 0 spiro atoms. The van der Waals surface area contributed by atoms with Gasteiger partial charge in [-0.3, -0.25) is 0 Å². The summed E-state index contributed by atoms with van der Waals surface area (Å²) in [6.07, 6.45) is 1.73. The number of unbranched alkanes of at least 4 members (excludes halogenated alkanes) is 1. The number of nitrogens with one attached hydrogen (secondary N) is 1. The monoisotopic (exact) mass is 225 g/mol. The maximum atomic E-state index is 8.67. The largest absolute Gasteiger partial charge is 0.497 e. The Hall–Kier alpha value is -1.42. The highest BCUT2D eigenvalue weighted by Crippen LogP contribution is 2.28. The summed E-state index contributed by atoms with van der Waals surface area (Å²) in [6.45, 7) is 1.04. The van der Waals surface area contributed by atoms with E-state index in [9.17, 15) is 0 Å². The zero-order chi connectivity index (χ0) is 11.8. The van der Waals surface area contributed by atoms with Crippen LogP contribution >= 0.6 is 0 Å². The fourth-order valence-electron chi connectivity index (χ4n) is 1.41. The van der Waals surface area contributed by atoms with Crippen LogP contribution < -0.4 is 14.8 Å². The molecular weight excluding hydrogens is 206 g/mol. The van der Waals surface area contributed by atoms with Gasteiger partial charge in [0.25, 0.3) is 0 Å². The first-order valence-electron chi connectivity index (χ1n) is 5.38. The standard InChI is InChI=1S/C12H19NO3/c1-15-10-5-6-12(16-2)11(9-10)13-7-3-4-8-14/h5-6,9,13-14H,3-4,7-8H2,1-2H3. The molecule has 1 rings (SSSR count). The van der Waals surface area contributed by atoms with Gasteiger partial charge in [0, 0.05) is 19.2 Å². The number of aliphatic hydroxyl groups is 1. The molecule has 4 heteroatoms. The number of aliphatic hydroxyl groups excluding tert-OH is 1. The van der Waals surface area contributed by atoms with Crippen LogP contribution in [0.25, 0.3) is 0 Å². The van der Waals surface area contributed by atoms with E-state index in [1.807, 2.05) is 18.2 Å². The van der Waals surface area contributed by atoms with Crippen LogP contribution in [-0.2, 0) is 0 Å². The van der Waals surface area contributed by atoms with Crippen LogP contribution in [0.4, 0.5) is 5.69 Å². The highest BCUT2D eigenvalue weighted by molar-refractivity contribution is 5.59. The molecule has 0 aliphatic heterocycles. The molecule has 0 saturated heterocycles. The van der Waals surface area contributed by atoms with Crippen molar-refractivity contribution in [2.45, 2.75) is 12.8 Å². The van der Waals surface area contributed by atoms with Crippen LogP contribution in [0.3, 0.4) is 0 Å². The first-order valence-corrected chi connectivity index (χ1v) is 5.38. The average Bonchev–Trinajstić information content (AvgIpc) is 2.34. The lowest BCUT2D eigenvalue weighted by molar-refractivity contribution is 0.286. The molecule has 0 heterocycles. The van der Waals surface area contributed by atoms with Crippen LogP contribution in [0.15, 0.2) is 18.2 Å². The van der Waals surface area contributed by atoms with Crippen LogP contribution in [0, 0.1) is 0 Å². The topological polar surface area (TPSA) is 50.7 Å². The van der Waals surface area contributed by atoms with Crippen molar-refractivity contribution in [1.82, 2.24) is 0 Å². The summed E-state index contributed by atoms with van der Waals surface area (Å²) < 4.78 is 10.4. The van der Waals surface area contributed by atoms with Gasteiger partial charge in [-0.25, -0.2) is 0 Å². The molecule has 0 atom stereocenters. The third kappa shape index (κ3) is 3.62. The van der Waals surface area contributed by atoms with Gasteiger partial charge < -0.3 is 19.9 Å². The van der Waals surface area contributed by atoms with Gasteiger partial charge in [-0.1, -0.05) is 0 Å². The van der Waals surface area contributed by atoms with Gasteiger partial charge in [0.05, 0.1) is 19.9 Å². The molecule has 0 aromatic heterocycles. The second kappa shape index (κ2) is 6.95. The third-order valence-electron chi connectivity index (χ3n) is 2.31. The molecule has 1 aromatic rings. The SMILES string of the molecule is COc1ccc(OC)c(NCCCCO)c1. The van der Waals surface area contributed by atoms with E-state index in [0.717, 1.165) is 36.6 Å². The zero-order valence-electron chi connectivity index (χ0n) is 9.82. The van der Waals surface area contributed by atoms with Crippen molar-refractivity contribution in [2.75, 3.05) is 32.7 Å². The van der Waals surface area contributed by atoms with Crippen LogP contribution in [-0.4, -0.2) is 32.5 Å². The van der Waals surface area contributed by atoms with Gasteiger partial charge in [0.1, 0.15) is 11.5 Å². The van der Waals surface area contributed by atoms with Crippen molar-refractivity contribution in [1.29, 1.82) is 0 Å². The number of methoxy groups -OCH3 is 2. The second-order valence-corrected chi connectivity index (χ2v) is 3.42. The second-order valence-electron chi connectivity index (χ2n) is 3.42. The Bertz CT molecular complexity index is 315. The summed E-state index contributed by atoms with van der Waals surface area (Å²) in [6, 6.07) is 5.63. The highest BCUT2D eigenvalue weighted by Gasteiger charge is 2.03. The van der Waals surface area contributed by atoms with Crippen molar-refractivity contribution in [2.24, 2.45) is 0 Å². The lowest BCUT2D eigenvalue weighted by Crippen LogP contribution is -2.04. The normalized spacial score (nSPS) is 9.94. The van der Waals surface area contributed by atoms with Gasteiger partial charge in [0.15, 0.2) is 0 Å².